The van der Waals surface area contributed by atoms with Gasteiger partial charge < -0.3 is 5.73 Å². The van der Waals surface area contributed by atoms with E-state index >= 15 is 0 Å². The second-order valence-corrected chi connectivity index (χ2v) is 5.17. The van der Waals surface area contributed by atoms with Crippen molar-refractivity contribution in [1.82, 2.24) is 9.78 Å². The second kappa shape index (κ2) is 6.27. The van der Waals surface area contributed by atoms with Crippen LogP contribution in [0.25, 0.3) is 11.1 Å². The summed E-state index contributed by atoms with van der Waals surface area (Å²) in [6.45, 7) is 0.918. The molecule has 0 atom stereocenters. The van der Waals surface area contributed by atoms with E-state index in [-0.39, 0.29) is 0 Å². The van der Waals surface area contributed by atoms with Gasteiger partial charge in [0.05, 0.1) is 6.20 Å². The van der Waals surface area contributed by atoms with Crippen LogP contribution in [-0.2, 0) is 13.0 Å². The number of para-hydroxylation sites is 1. The molecule has 2 N–H and O–H groups in total. The lowest BCUT2D eigenvalue weighted by molar-refractivity contribution is 0.579. The first kappa shape index (κ1) is 13.4. The number of nitrogens with zero attached hydrogens (tertiary/aromatic N) is 2. The van der Waals surface area contributed by atoms with Crippen LogP contribution in [0.3, 0.4) is 0 Å². The Labute approximate surface area is 125 Å². The van der Waals surface area contributed by atoms with Gasteiger partial charge in [0.2, 0.25) is 0 Å². The van der Waals surface area contributed by atoms with Crippen molar-refractivity contribution in [3.05, 3.63) is 72.6 Å². The number of aromatic nitrogens is 2. The monoisotopic (exact) mass is 277 g/mol. The lowest BCUT2D eigenvalue weighted by Crippen LogP contribution is -1.99. The third kappa shape index (κ3) is 3.31. The van der Waals surface area contributed by atoms with Crippen molar-refractivity contribution in [2.45, 2.75) is 19.4 Å². The first-order valence-electron chi connectivity index (χ1n) is 7.24. The normalized spacial score (nSPS) is 10.7. The molecule has 0 aliphatic rings. The van der Waals surface area contributed by atoms with Crippen molar-refractivity contribution in [3.63, 3.8) is 0 Å². The summed E-state index contributed by atoms with van der Waals surface area (Å²) in [4.78, 5) is 0. The topological polar surface area (TPSA) is 43.8 Å². The minimum Gasteiger partial charge on any atom is -0.398 e. The first-order valence-corrected chi connectivity index (χ1v) is 7.24. The predicted molar refractivity (Wildman–Crippen MR) is 86.8 cm³/mol. The van der Waals surface area contributed by atoms with Gasteiger partial charge in [-0.15, -0.1) is 0 Å². The fourth-order valence-electron chi connectivity index (χ4n) is 2.47. The van der Waals surface area contributed by atoms with Gasteiger partial charge >= 0.3 is 0 Å². The zero-order chi connectivity index (χ0) is 14.5. The van der Waals surface area contributed by atoms with Gasteiger partial charge in [0.25, 0.3) is 0 Å². The predicted octanol–water partition coefficient (Wildman–Crippen LogP) is 3.77. The molecule has 1 heterocycles. The van der Waals surface area contributed by atoms with E-state index in [0.717, 1.165) is 36.2 Å². The van der Waals surface area contributed by atoms with E-state index in [4.69, 9.17) is 5.73 Å². The van der Waals surface area contributed by atoms with Crippen LogP contribution in [0.1, 0.15) is 12.0 Å². The molecular formula is C18H19N3. The van der Waals surface area contributed by atoms with E-state index in [2.05, 4.69) is 35.6 Å². The largest absolute Gasteiger partial charge is 0.398 e. The molecule has 0 unspecified atom stereocenters. The van der Waals surface area contributed by atoms with Crippen LogP contribution >= 0.6 is 0 Å². The maximum atomic E-state index is 6.00. The molecule has 3 rings (SSSR count). The molecule has 0 spiro atoms. The van der Waals surface area contributed by atoms with Crippen molar-refractivity contribution in [3.8, 4) is 11.1 Å². The van der Waals surface area contributed by atoms with E-state index in [1.54, 1.807) is 0 Å². The molecule has 0 radical (unpaired) electrons. The van der Waals surface area contributed by atoms with Crippen LogP contribution in [0.5, 0.6) is 0 Å². The molecule has 0 bridgehead atoms. The number of anilines is 1. The van der Waals surface area contributed by atoms with Crippen molar-refractivity contribution >= 4 is 5.69 Å². The third-order valence-electron chi connectivity index (χ3n) is 3.60. The van der Waals surface area contributed by atoms with Crippen LogP contribution < -0.4 is 5.73 Å². The van der Waals surface area contributed by atoms with Gasteiger partial charge in [0, 0.05) is 29.6 Å². The summed E-state index contributed by atoms with van der Waals surface area (Å²) in [5, 5.41) is 4.43. The molecule has 106 valence electrons. The number of nitrogen functional groups attached to an aromatic ring is 1. The molecule has 0 saturated heterocycles. The standard InChI is InChI=1S/C18H19N3/c19-18-11-5-4-10-17(18)16-13-20-21(14-16)12-6-9-15-7-2-1-3-8-15/h1-5,7-8,10-11,13-14H,6,9,12,19H2. The van der Waals surface area contributed by atoms with E-state index in [0.29, 0.717) is 0 Å². The van der Waals surface area contributed by atoms with Crippen LogP contribution in [-0.4, -0.2) is 9.78 Å². The molecule has 0 fully saturated rings. The molecule has 0 aliphatic heterocycles. The molecule has 3 nitrogen and oxygen atoms in total. The SMILES string of the molecule is Nc1ccccc1-c1cnn(CCCc2ccccc2)c1. The Bertz CT molecular complexity index is 701. The lowest BCUT2D eigenvalue weighted by Gasteiger charge is -2.03. The highest BCUT2D eigenvalue weighted by atomic mass is 15.3. The summed E-state index contributed by atoms with van der Waals surface area (Å²) >= 11 is 0. The second-order valence-electron chi connectivity index (χ2n) is 5.17. The minimum absolute atomic E-state index is 0.793. The maximum absolute atomic E-state index is 6.00. The van der Waals surface area contributed by atoms with Gasteiger partial charge in [-0.05, 0) is 24.5 Å². The van der Waals surface area contributed by atoms with Crippen LogP contribution in [0, 0.1) is 0 Å². The van der Waals surface area contributed by atoms with Crippen LogP contribution in [0.4, 0.5) is 5.69 Å². The fourth-order valence-corrected chi connectivity index (χ4v) is 2.47. The summed E-state index contributed by atoms with van der Waals surface area (Å²) in [6.07, 6.45) is 6.10. The van der Waals surface area contributed by atoms with Crippen LogP contribution in [0.15, 0.2) is 67.0 Å². The van der Waals surface area contributed by atoms with Gasteiger partial charge in [-0.1, -0.05) is 48.5 Å². The van der Waals surface area contributed by atoms with E-state index < -0.39 is 0 Å². The number of rotatable bonds is 5. The number of benzene rings is 2. The summed E-state index contributed by atoms with van der Waals surface area (Å²) in [5.74, 6) is 0. The average Bonchev–Trinajstić information content (AvgIpc) is 2.97. The smallest absolute Gasteiger partial charge is 0.0569 e. The van der Waals surface area contributed by atoms with E-state index in [1.165, 1.54) is 5.56 Å². The molecule has 0 aliphatic carbocycles. The molecular weight excluding hydrogens is 258 g/mol. The van der Waals surface area contributed by atoms with Gasteiger partial charge in [-0.3, -0.25) is 4.68 Å². The van der Waals surface area contributed by atoms with E-state index in [9.17, 15) is 0 Å². The Kier molecular flexibility index (Phi) is 4.01. The minimum atomic E-state index is 0.793. The Balaban J connectivity index is 1.62. The zero-order valence-corrected chi connectivity index (χ0v) is 11.9. The molecule has 2 aromatic carbocycles. The first-order chi connectivity index (χ1) is 10.3. The Morgan fingerprint density at radius 1 is 0.952 bits per heavy atom. The van der Waals surface area contributed by atoms with Gasteiger partial charge in [0.15, 0.2) is 0 Å². The highest BCUT2D eigenvalue weighted by Crippen LogP contribution is 2.24. The van der Waals surface area contributed by atoms with Gasteiger partial charge in [0.1, 0.15) is 0 Å². The Morgan fingerprint density at radius 3 is 2.52 bits per heavy atom. The summed E-state index contributed by atoms with van der Waals surface area (Å²) in [6, 6.07) is 18.4. The molecule has 21 heavy (non-hydrogen) atoms. The highest BCUT2D eigenvalue weighted by Gasteiger charge is 2.04. The van der Waals surface area contributed by atoms with Crippen LogP contribution in [0.2, 0.25) is 0 Å². The van der Waals surface area contributed by atoms with Gasteiger partial charge in [-0.2, -0.15) is 5.10 Å². The van der Waals surface area contributed by atoms with Crippen molar-refractivity contribution in [2.75, 3.05) is 5.73 Å². The average molecular weight is 277 g/mol. The highest BCUT2D eigenvalue weighted by molar-refractivity contribution is 5.75. The van der Waals surface area contributed by atoms with Crippen molar-refractivity contribution in [1.29, 1.82) is 0 Å². The Hall–Kier alpha value is -2.55. The summed E-state index contributed by atoms with van der Waals surface area (Å²) in [7, 11) is 0. The van der Waals surface area contributed by atoms with E-state index in [1.807, 2.05) is 41.2 Å². The van der Waals surface area contributed by atoms with Crippen molar-refractivity contribution in [2.24, 2.45) is 0 Å². The quantitative estimate of drug-likeness (QED) is 0.721. The summed E-state index contributed by atoms with van der Waals surface area (Å²) in [5.41, 5.74) is 10.3. The van der Waals surface area contributed by atoms with Gasteiger partial charge in [-0.25, -0.2) is 0 Å². The lowest BCUT2D eigenvalue weighted by atomic mass is 10.1. The number of nitrogens with two attached hydrogens (primary N) is 1. The maximum Gasteiger partial charge on any atom is 0.0569 e. The molecule has 3 heteroatoms. The molecule has 0 saturated carbocycles. The zero-order valence-electron chi connectivity index (χ0n) is 11.9. The number of aryl methyl sites for hydroxylation is 2. The third-order valence-corrected chi connectivity index (χ3v) is 3.60. The fraction of sp³-hybridized carbons (Fsp3) is 0.167. The van der Waals surface area contributed by atoms with Crippen molar-refractivity contribution < 1.29 is 0 Å². The number of hydrogen-bond acceptors (Lipinski definition) is 2. The molecule has 1 aromatic heterocycles. The Morgan fingerprint density at radius 2 is 1.71 bits per heavy atom. The molecule has 0 amide bonds. The number of hydrogen-bond donors (Lipinski definition) is 1. The molecule has 3 aromatic rings. The summed E-state index contributed by atoms with van der Waals surface area (Å²) < 4.78 is 1.99.